The molecule has 0 aromatic heterocycles. The number of hydrogen-bond acceptors (Lipinski definition) is 3. The first kappa shape index (κ1) is 15.7. The fourth-order valence-electron chi connectivity index (χ4n) is 2.31. The van der Waals surface area contributed by atoms with Crippen LogP contribution >= 0.6 is 15.9 Å². The first-order valence-corrected chi connectivity index (χ1v) is 7.55. The Morgan fingerprint density at radius 2 is 1.48 bits per heavy atom. The third-order valence-electron chi connectivity index (χ3n) is 3.26. The van der Waals surface area contributed by atoms with Crippen LogP contribution in [0.2, 0.25) is 0 Å². The maximum absolute atomic E-state index is 5.35. The van der Waals surface area contributed by atoms with Gasteiger partial charge in [0.25, 0.3) is 0 Å². The highest BCUT2D eigenvalue weighted by atomic mass is 79.9. The van der Waals surface area contributed by atoms with Crippen LogP contribution in [0.15, 0.2) is 34.8 Å². The zero-order chi connectivity index (χ0) is 15.4. The van der Waals surface area contributed by atoms with Gasteiger partial charge in [-0.05, 0) is 54.8 Å². The Kier molecular flexibility index (Phi) is 5.12. The molecule has 112 valence electrons. The van der Waals surface area contributed by atoms with Crippen molar-refractivity contribution in [2.75, 3.05) is 19.5 Å². The second kappa shape index (κ2) is 6.85. The van der Waals surface area contributed by atoms with Crippen molar-refractivity contribution in [2.45, 2.75) is 20.4 Å². The standard InChI is InChI=1S/C17H20BrNO2/c1-11-5-12(2)7-14(6-11)19-10-13-8-16(20-3)17(21-4)9-15(13)18/h5-9,19H,10H2,1-4H3. The van der Waals surface area contributed by atoms with Crippen molar-refractivity contribution in [3.05, 3.63) is 51.5 Å². The number of nitrogens with one attached hydrogen (secondary N) is 1. The molecule has 0 atom stereocenters. The molecule has 0 heterocycles. The van der Waals surface area contributed by atoms with Crippen LogP contribution < -0.4 is 14.8 Å². The van der Waals surface area contributed by atoms with Crippen molar-refractivity contribution >= 4 is 21.6 Å². The topological polar surface area (TPSA) is 30.5 Å². The van der Waals surface area contributed by atoms with E-state index in [1.165, 1.54) is 11.1 Å². The summed E-state index contributed by atoms with van der Waals surface area (Å²) in [5.74, 6) is 1.46. The van der Waals surface area contributed by atoms with E-state index in [2.05, 4.69) is 53.3 Å². The van der Waals surface area contributed by atoms with E-state index in [1.54, 1.807) is 14.2 Å². The predicted octanol–water partition coefficient (Wildman–Crippen LogP) is 4.70. The summed E-state index contributed by atoms with van der Waals surface area (Å²) >= 11 is 3.58. The van der Waals surface area contributed by atoms with Crippen LogP contribution in [0.25, 0.3) is 0 Å². The van der Waals surface area contributed by atoms with Gasteiger partial charge < -0.3 is 14.8 Å². The van der Waals surface area contributed by atoms with E-state index in [9.17, 15) is 0 Å². The van der Waals surface area contributed by atoms with Crippen LogP contribution in [0.5, 0.6) is 11.5 Å². The van der Waals surface area contributed by atoms with Crippen molar-refractivity contribution in [1.29, 1.82) is 0 Å². The second-order valence-corrected chi connectivity index (χ2v) is 5.88. The molecule has 0 bridgehead atoms. The molecule has 0 radical (unpaired) electrons. The molecule has 0 saturated heterocycles. The molecule has 21 heavy (non-hydrogen) atoms. The summed E-state index contributed by atoms with van der Waals surface area (Å²) in [4.78, 5) is 0. The zero-order valence-electron chi connectivity index (χ0n) is 12.8. The number of halogens is 1. The largest absolute Gasteiger partial charge is 0.493 e. The normalized spacial score (nSPS) is 10.3. The highest BCUT2D eigenvalue weighted by Crippen LogP contribution is 2.33. The average Bonchev–Trinajstić information content (AvgIpc) is 2.44. The number of benzene rings is 2. The first-order valence-electron chi connectivity index (χ1n) is 6.76. The molecule has 0 spiro atoms. The van der Waals surface area contributed by atoms with E-state index in [4.69, 9.17) is 9.47 Å². The molecule has 0 unspecified atom stereocenters. The second-order valence-electron chi connectivity index (χ2n) is 5.03. The third-order valence-corrected chi connectivity index (χ3v) is 4.00. The fraction of sp³-hybridized carbons (Fsp3) is 0.294. The zero-order valence-corrected chi connectivity index (χ0v) is 14.4. The highest BCUT2D eigenvalue weighted by Gasteiger charge is 2.09. The van der Waals surface area contributed by atoms with Crippen LogP contribution in [0, 0.1) is 13.8 Å². The number of anilines is 1. The SMILES string of the molecule is COc1cc(Br)c(CNc2cc(C)cc(C)c2)cc1OC. The summed E-state index contributed by atoms with van der Waals surface area (Å²) in [6.07, 6.45) is 0. The maximum Gasteiger partial charge on any atom is 0.161 e. The van der Waals surface area contributed by atoms with Gasteiger partial charge in [-0.15, -0.1) is 0 Å². The van der Waals surface area contributed by atoms with Crippen molar-refractivity contribution in [1.82, 2.24) is 0 Å². The lowest BCUT2D eigenvalue weighted by Gasteiger charge is -2.13. The number of rotatable bonds is 5. The Morgan fingerprint density at radius 1 is 0.905 bits per heavy atom. The number of hydrogen-bond donors (Lipinski definition) is 1. The Balaban J connectivity index is 2.19. The lowest BCUT2D eigenvalue weighted by Crippen LogP contribution is -2.02. The van der Waals surface area contributed by atoms with Crippen LogP contribution in [-0.2, 0) is 6.54 Å². The quantitative estimate of drug-likeness (QED) is 0.848. The maximum atomic E-state index is 5.35. The molecule has 1 N–H and O–H groups in total. The van der Waals surface area contributed by atoms with Crippen LogP contribution in [0.4, 0.5) is 5.69 Å². The monoisotopic (exact) mass is 349 g/mol. The summed E-state index contributed by atoms with van der Waals surface area (Å²) < 4.78 is 11.6. The number of aryl methyl sites for hydroxylation is 2. The van der Waals surface area contributed by atoms with Gasteiger partial charge in [0.2, 0.25) is 0 Å². The molecule has 0 amide bonds. The van der Waals surface area contributed by atoms with Gasteiger partial charge in [0.1, 0.15) is 0 Å². The molecule has 4 heteroatoms. The fourth-order valence-corrected chi connectivity index (χ4v) is 2.77. The molecule has 0 saturated carbocycles. The molecule has 0 aliphatic carbocycles. The average molecular weight is 350 g/mol. The Bertz CT molecular complexity index is 621. The van der Waals surface area contributed by atoms with Gasteiger partial charge in [-0.25, -0.2) is 0 Å². The van der Waals surface area contributed by atoms with E-state index in [-0.39, 0.29) is 0 Å². The third kappa shape index (κ3) is 3.91. The molecular formula is C17H20BrNO2. The first-order chi connectivity index (χ1) is 10.0. The molecule has 2 aromatic carbocycles. The van der Waals surface area contributed by atoms with Crippen molar-refractivity contribution in [3.63, 3.8) is 0 Å². The summed E-state index contributed by atoms with van der Waals surface area (Å²) in [6, 6.07) is 10.4. The van der Waals surface area contributed by atoms with Crippen molar-refractivity contribution in [3.8, 4) is 11.5 Å². The van der Waals surface area contributed by atoms with E-state index in [1.807, 2.05) is 12.1 Å². The lowest BCUT2D eigenvalue weighted by atomic mass is 10.1. The number of ether oxygens (including phenoxy) is 2. The Labute approximate surface area is 134 Å². The van der Waals surface area contributed by atoms with Gasteiger partial charge in [0, 0.05) is 16.7 Å². The smallest absolute Gasteiger partial charge is 0.161 e. The van der Waals surface area contributed by atoms with Gasteiger partial charge in [0.15, 0.2) is 11.5 Å². The van der Waals surface area contributed by atoms with Gasteiger partial charge in [-0.3, -0.25) is 0 Å². The van der Waals surface area contributed by atoms with E-state index in [0.29, 0.717) is 6.54 Å². The van der Waals surface area contributed by atoms with E-state index in [0.717, 1.165) is 27.2 Å². The lowest BCUT2D eigenvalue weighted by molar-refractivity contribution is 0.354. The molecule has 0 aliphatic rings. The van der Waals surface area contributed by atoms with Gasteiger partial charge in [-0.1, -0.05) is 22.0 Å². The van der Waals surface area contributed by atoms with E-state index < -0.39 is 0 Å². The minimum Gasteiger partial charge on any atom is -0.493 e. The molecular weight excluding hydrogens is 330 g/mol. The van der Waals surface area contributed by atoms with Crippen LogP contribution in [0.3, 0.4) is 0 Å². The van der Waals surface area contributed by atoms with Crippen LogP contribution in [-0.4, -0.2) is 14.2 Å². The van der Waals surface area contributed by atoms with Gasteiger partial charge in [0.05, 0.1) is 14.2 Å². The molecule has 2 aromatic rings. The minimum absolute atomic E-state index is 0.712. The summed E-state index contributed by atoms with van der Waals surface area (Å²) in [7, 11) is 3.28. The summed E-state index contributed by atoms with van der Waals surface area (Å²) in [6.45, 7) is 4.92. The molecule has 2 rings (SSSR count). The van der Waals surface area contributed by atoms with Gasteiger partial charge in [-0.2, -0.15) is 0 Å². The van der Waals surface area contributed by atoms with E-state index >= 15 is 0 Å². The Hall–Kier alpha value is -1.68. The van der Waals surface area contributed by atoms with Crippen molar-refractivity contribution in [2.24, 2.45) is 0 Å². The summed E-state index contributed by atoms with van der Waals surface area (Å²) in [5, 5.41) is 3.45. The Morgan fingerprint density at radius 3 is 2.05 bits per heavy atom. The van der Waals surface area contributed by atoms with Gasteiger partial charge >= 0.3 is 0 Å². The number of methoxy groups -OCH3 is 2. The highest BCUT2D eigenvalue weighted by molar-refractivity contribution is 9.10. The minimum atomic E-state index is 0.712. The molecule has 3 nitrogen and oxygen atoms in total. The molecule has 0 fully saturated rings. The van der Waals surface area contributed by atoms with Crippen molar-refractivity contribution < 1.29 is 9.47 Å². The van der Waals surface area contributed by atoms with Crippen LogP contribution in [0.1, 0.15) is 16.7 Å². The predicted molar refractivity (Wildman–Crippen MR) is 90.5 cm³/mol. The summed E-state index contributed by atoms with van der Waals surface area (Å²) in [5.41, 5.74) is 4.74. The molecule has 0 aliphatic heterocycles.